The summed E-state index contributed by atoms with van der Waals surface area (Å²) in [5.74, 6) is 0.102. The molecule has 0 radical (unpaired) electrons. The van der Waals surface area contributed by atoms with Crippen molar-refractivity contribution in [3.63, 3.8) is 0 Å². The zero-order valence-electron chi connectivity index (χ0n) is 10.4. The summed E-state index contributed by atoms with van der Waals surface area (Å²) in [6, 6.07) is 0.523. The molecule has 0 spiro atoms. The van der Waals surface area contributed by atoms with Gasteiger partial charge in [0.1, 0.15) is 0 Å². The summed E-state index contributed by atoms with van der Waals surface area (Å²) >= 11 is 0. The van der Waals surface area contributed by atoms with E-state index in [1.54, 1.807) is 7.05 Å². The first-order valence-corrected chi connectivity index (χ1v) is 6.31. The van der Waals surface area contributed by atoms with Gasteiger partial charge in [0, 0.05) is 32.7 Å². The molecule has 1 aliphatic rings. The molecule has 2 N–H and O–H groups in total. The third kappa shape index (κ3) is 4.94. The van der Waals surface area contributed by atoms with Crippen molar-refractivity contribution in [3.05, 3.63) is 0 Å². The smallest absolute Gasteiger partial charge is 0.221 e. The predicted molar refractivity (Wildman–Crippen MR) is 64.4 cm³/mol. The lowest BCUT2D eigenvalue weighted by Gasteiger charge is -2.30. The molecule has 4 nitrogen and oxygen atoms in total. The van der Waals surface area contributed by atoms with Crippen molar-refractivity contribution in [3.8, 4) is 0 Å². The van der Waals surface area contributed by atoms with Gasteiger partial charge in [0.15, 0.2) is 0 Å². The summed E-state index contributed by atoms with van der Waals surface area (Å²) in [6.07, 6.45) is 5.45. The van der Waals surface area contributed by atoms with E-state index in [-0.39, 0.29) is 5.91 Å². The second-order valence-electron chi connectivity index (χ2n) is 4.38. The molecule has 4 heteroatoms. The lowest BCUT2D eigenvalue weighted by Crippen LogP contribution is -2.40. The van der Waals surface area contributed by atoms with Crippen molar-refractivity contribution in [1.29, 1.82) is 0 Å². The van der Waals surface area contributed by atoms with Crippen LogP contribution in [0.1, 0.15) is 39.0 Å². The van der Waals surface area contributed by atoms with Crippen LogP contribution in [0.4, 0.5) is 0 Å². The Balaban J connectivity index is 2.14. The van der Waals surface area contributed by atoms with Crippen LogP contribution in [-0.4, -0.2) is 38.3 Å². The van der Waals surface area contributed by atoms with Gasteiger partial charge in [0.25, 0.3) is 0 Å². The van der Waals surface area contributed by atoms with E-state index in [0.29, 0.717) is 18.6 Å². The number of hydrogen-bond acceptors (Lipinski definition) is 3. The first-order valence-electron chi connectivity index (χ1n) is 6.31. The molecule has 1 heterocycles. The molecular formula is C12H24N2O2. The zero-order valence-corrected chi connectivity index (χ0v) is 10.4. The molecule has 16 heavy (non-hydrogen) atoms. The molecule has 0 aliphatic carbocycles. The van der Waals surface area contributed by atoms with Gasteiger partial charge in [0.05, 0.1) is 6.10 Å². The maximum absolute atomic E-state index is 11.0. The summed E-state index contributed by atoms with van der Waals surface area (Å²) in [6.45, 7) is 3.80. The molecule has 1 fully saturated rings. The summed E-state index contributed by atoms with van der Waals surface area (Å²) in [5, 5.41) is 6.06. The highest BCUT2D eigenvalue weighted by molar-refractivity contribution is 5.75. The van der Waals surface area contributed by atoms with Crippen molar-refractivity contribution >= 4 is 5.91 Å². The van der Waals surface area contributed by atoms with Crippen LogP contribution in [0.15, 0.2) is 0 Å². The lowest BCUT2D eigenvalue weighted by molar-refractivity contribution is -0.120. The number of rotatable bonds is 6. The second-order valence-corrected chi connectivity index (χ2v) is 4.38. The number of amides is 1. The van der Waals surface area contributed by atoms with Crippen molar-refractivity contribution in [1.82, 2.24) is 10.6 Å². The van der Waals surface area contributed by atoms with Gasteiger partial charge < -0.3 is 15.4 Å². The van der Waals surface area contributed by atoms with Crippen molar-refractivity contribution < 1.29 is 9.53 Å². The Bertz CT molecular complexity index is 207. The molecule has 1 saturated heterocycles. The zero-order chi connectivity index (χ0) is 11.8. The monoisotopic (exact) mass is 228 g/mol. The molecule has 0 aromatic rings. The molecule has 1 aliphatic heterocycles. The Morgan fingerprint density at radius 2 is 2.31 bits per heavy atom. The van der Waals surface area contributed by atoms with Gasteiger partial charge in [-0.2, -0.15) is 0 Å². The van der Waals surface area contributed by atoms with E-state index in [1.807, 2.05) is 0 Å². The molecule has 0 aromatic heterocycles. The molecule has 0 bridgehead atoms. The fraction of sp³-hybridized carbons (Fsp3) is 0.917. The minimum atomic E-state index is 0.102. The minimum absolute atomic E-state index is 0.102. The van der Waals surface area contributed by atoms with Crippen LogP contribution in [0.5, 0.6) is 0 Å². The van der Waals surface area contributed by atoms with Gasteiger partial charge in [-0.3, -0.25) is 4.79 Å². The second kappa shape index (κ2) is 7.63. The van der Waals surface area contributed by atoms with Gasteiger partial charge >= 0.3 is 0 Å². The first kappa shape index (κ1) is 13.5. The van der Waals surface area contributed by atoms with E-state index in [2.05, 4.69) is 17.6 Å². The third-order valence-corrected chi connectivity index (χ3v) is 3.04. The van der Waals surface area contributed by atoms with E-state index in [0.717, 1.165) is 32.4 Å². The highest BCUT2D eigenvalue weighted by Gasteiger charge is 2.21. The highest BCUT2D eigenvalue weighted by atomic mass is 16.5. The maximum atomic E-state index is 11.0. The van der Waals surface area contributed by atoms with Crippen LogP contribution in [0.2, 0.25) is 0 Å². The van der Waals surface area contributed by atoms with E-state index >= 15 is 0 Å². The average Bonchev–Trinajstić information content (AvgIpc) is 2.30. The maximum Gasteiger partial charge on any atom is 0.221 e. The Hall–Kier alpha value is -0.610. The molecular weight excluding hydrogens is 204 g/mol. The van der Waals surface area contributed by atoms with Gasteiger partial charge in [-0.25, -0.2) is 0 Å². The van der Waals surface area contributed by atoms with E-state index in [4.69, 9.17) is 4.74 Å². The summed E-state index contributed by atoms with van der Waals surface area (Å²) in [4.78, 5) is 11.0. The molecule has 1 amide bonds. The van der Waals surface area contributed by atoms with Crippen molar-refractivity contribution in [2.24, 2.45) is 0 Å². The summed E-state index contributed by atoms with van der Waals surface area (Å²) in [7, 11) is 1.67. The van der Waals surface area contributed by atoms with Crippen LogP contribution in [0, 0.1) is 0 Å². The Kier molecular flexibility index (Phi) is 6.42. The van der Waals surface area contributed by atoms with Gasteiger partial charge in [-0.05, 0) is 19.3 Å². The Morgan fingerprint density at radius 3 is 3.00 bits per heavy atom. The Labute approximate surface area is 98.1 Å². The topological polar surface area (TPSA) is 50.4 Å². The summed E-state index contributed by atoms with van der Waals surface area (Å²) in [5.41, 5.74) is 0. The molecule has 1 rings (SSSR count). The number of nitrogens with one attached hydrogen (secondary N) is 2. The van der Waals surface area contributed by atoms with E-state index in [1.165, 1.54) is 6.42 Å². The van der Waals surface area contributed by atoms with Crippen LogP contribution in [0.25, 0.3) is 0 Å². The molecule has 0 saturated carbocycles. The first-order chi connectivity index (χ1) is 7.76. The van der Waals surface area contributed by atoms with Crippen LogP contribution in [0.3, 0.4) is 0 Å². The van der Waals surface area contributed by atoms with Crippen LogP contribution < -0.4 is 10.6 Å². The quantitative estimate of drug-likeness (QED) is 0.714. The summed E-state index contributed by atoms with van der Waals surface area (Å²) < 4.78 is 5.68. The predicted octanol–water partition coefficient (Wildman–Crippen LogP) is 1.06. The van der Waals surface area contributed by atoms with Crippen molar-refractivity contribution in [2.75, 3.05) is 20.2 Å². The largest absolute Gasteiger partial charge is 0.378 e. The van der Waals surface area contributed by atoms with E-state index < -0.39 is 0 Å². The van der Waals surface area contributed by atoms with Crippen LogP contribution in [-0.2, 0) is 9.53 Å². The highest BCUT2D eigenvalue weighted by Crippen LogP contribution is 2.17. The lowest BCUT2D eigenvalue weighted by atomic mass is 10.00. The standard InChI is InChI=1S/C12H24N2O2/c1-3-4-11-9-10(6-8-16-11)14-7-5-12(15)13-2/h10-11,14H,3-9H2,1-2H3,(H,13,15). The molecule has 2 unspecified atom stereocenters. The minimum Gasteiger partial charge on any atom is -0.378 e. The Morgan fingerprint density at radius 1 is 1.50 bits per heavy atom. The fourth-order valence-electron chi connectivity index (χ4n) is 2.10. The molecule has 94 valence electrons. The normalized spacial score (nSPS) is 25.4. The number of hydrogen-bond donors (Lipinski definition) is 2. The molecule has 0 aromatic carbocycles. The third-order valence-electron chi connectivity index (χ3n) is 3.04. The van der Waals surface area contributed by atoms with Crippen LogP contribution >= 0.6 is 0 Å². The number of carbonyl (C=O) groups excluding carboxylic acids is 1. The number of ether oxygens (including phenoxy) is 1. The average molecular weight is 228 g/mol. The van der Waals surface area contributed by atoms with Gasteiger partial charge in [-0.1, -0.05) is 13.3 Å². The van der Waals surface area contributed by atoms with Crippen molar-refractivity contribution in [2.45, 2.75) is 51.2 Å². The fourth-order valence-corrected chi connectivity index (χ4v) is 2.10. The van der Waals surface area contributed by atoms with Gasteiger partial charge in [0.2, 0.25) is 5.91 Å². The SMILES string of the molecule is CCCC1CC(NCCC(=O)NC)CCO1. The van der Waals surface area contributed by atoms with Gasteiger partial charge in [-0.15, -0.1) is 0 Å². The van der Waals surface area contributed by atoms with E-state index in [9.17, 15) is 4.79 Å². The number of carbonyl (C=O) groups is 1. The molecule has 2 atom stereocenters.